The molecule has 12 rings (SSSR count). The molecule has 0 atom stereocenters. The molecule has 9 aromatic carbocycles. The van der Waals surface area contributed by atoms with Crippen molar-refractivity contribution in [2.24, 2.45) is 0 Å². The van der Waals surface area contributed by atoms with Crippen molar-refractivity contribution in [3.05, 3.63) is 247 Å². The molecule has 0 bridgehead atoms. The Labute approximate surface area is 406 Å². The molecule has 0 saturated carbocycles. The number of rotatable bonds is 9. The van der Waals surface area contributed by atoms with Gasteiger partial charge in [-0.05, 0) is 151 Å². The van der Waals surface area contributed by atoms with Crippen molar-refractivity contribution in [3.63, 3.8) is 0 Å². The molecule has 1 aliphatic rings. The van der Waals surface area contributed by atoms with E-state index in [0.29, 0.717) is 17.5 Å². The Morgan fingerprint density at radius 2 is 0.843 bits per heavy atom. The molecule has 2 heterocycles. The van der Waals surface area contributed by atoms with Gasteiger partial charge in [-0.2, -0.15) is 10.5 Å². The van der Waals surface area contributed by atoms with Crippen molar-refractivity contribution < 1.29 is 0 Å². The van der Waals surface area contributed by atoms with E-state index in [9.17, 15) is 10.5 Å². The van der Waals surface area contributed by atoms with E-state index in [1.165, 1.54) is 16.6 Å². The van der Waals surface area contributed by atoms with Crippen molar-refractivity contribution in [1.29, 1.82) is 10.5 Å². The molecule has 6 heteroatoms. The second kappa shape index (κ2) is 17.8. The van der Waals surface area contributed by atoms with Gasteiger partial charge in [-0.25, -0.2) is 0 Å². The summed E-state index contributed by atoms with van der Waals surface area (Å²) in [5.41, 5.74) is 17.3. The lowest BCUT2D eigenvalue weighted by molar-refractivity contribution is 1.01. The van der Waals surface area contributed by atoms with Crippen LogP contribution in [0, 0.1) is 34.5 Å². The maximum Gasteiger partial charge on any atom is 0.0991 e. The van der Waals surface area contributed by atoms with Crippen LogP contribution in [0.15, 0.2) is 224 Å². The number of allylic oxidation sites excluding steroid dienone is 1. The summed E-state index contributed by atoms with van der Waals surface area (Å²) in [4.78, 5) is 4.52. The Hall–Kier alpha value is -9.80. The Kier molecular flexibility index (Phi) is 10.6. The van der Waals surface area contributed by atoms with E-state index < -0.39 is 0 Å². The molecule has 0 radical (unpaired) electrons. The molecule has 1 aliphatic carbocycles. The lowest BCUT2D eigenvalue weighted by Crippen LogP contribution is -2.10. The number of nitriles is 2. The first kappa shape index (κ1) is 41.6. The van der Waals surface area contributed by atoms with Gasteiger partial charge in [0.1, 0.15) is 0 Å². The van der Waals surface area contributed by atoms with Gasteiger partial charge in [0.15, 0.2) is 0 Å². The molecule has 0 fully saturated rings. The third-order valence-corrected chi connectivity index (χ3v) is 13.3. The fraction of sp³-hybridized carbons (Fsp3) is 0.0312. The minimum Gasteiger partial charge on any atom is -0.312 e. The van der Waals surface area contributed by atoms with Crippen LogP contribution < -0.4 is 9.80 Å². The number of anilines is 6. The fourth-order valence-electron chi connectivity index (χ4n) is 10.0. The summed E-state index contributed by atoms with van der Waals surface area (Å²) in [7, 11) is 0. The normalized spacial score (nSPS) is 11.8. The summed E-state index contributed by atoms with van der Waals surface area (Å²) in [5, 5.41) is 22.9. The molecule has 328 valence electrons. The largest absolute Gasteiger partial charge is 0.312 e. The smallest absolute Gasteiger partial charge is 0.0991 e. The Morgan fingerprint density at radius 3 is 1.39 bits per heavy atom. The standard InChI is InChI=1S/C64H42N6/c65-43-45-21-29-51(30-22-45)67(55-37-39-63-59(41-55)57-17-9-1-2-10-19-61(57)69(63)49-13-5-3-6-14-49)53-33-25-47(26-34-53)48-27-35-54(36-28-48)68(52-31-23-46(44-66)24-32-52)56-38-40-64-60(42-56)58-18-11-12-20-62(58)70(64)50-15-7-4-8-16-50/h3-9,11-18,20-42H,1,19H2. The second-order valence-electron chi connectivity index (χ2n) is 17.3. The highest BCUT2D eigenvalue weighted by atomic mass is 15.1. The van der Waals surface area contributed by atoms with Gasteiger partial charge in [-0.1, -0.05) is 103 Å². The average Bonchev–Trinajstić information content (AvgIpc) is 3.91. The van der Waals surface area contributed by atoms with Crippen LogP contribution in [0.4, 0.5) is 34.1 Å². The monoisotopic (exact) mass is 894 g/mol. The molecule has 0 aliphatic heterocycles. The molecular weight excluding hydrogens is 853 g/mol. The molecule has 0 N–H and O–H groups in total. The summed E-state index contributed by atoms with van der Waals surface area (Å²) >= 11 is 0. The van der Waals surface area contributed by atoms with Gasteiger partial charge >= 0.3 is 0 Å². The maximum atomic E-state index is 9.71. The van der Waals surface area contributed by atoms with Gasteiger partial charge < -0.3 is 18.9 Å². The first-order valence-corrected chi connectivity index (χ1v) is 23.4. The number of hydrogen-bond donors (Lipinski definition) is 0. The number of para-hydroxylation sites is 3. The van der Waals surface area contributed by atoms with E-state index in [1.54, 1.807) is 0 Å². The van der Waals surface area contributed by atoms with E-state index in [2.05, 4.69) is 213 Å². The van der Waals surface area contributed by atoms with Crippen LogP contribution in [0.3, 0.4) is 0 Å². The van der Waals surface area contributed by atoms with Gasteiger partial charge in [0.2, 0.25) is 0 Å². The SMILES string of the molecule is N#Cc1ccc(N(c2ccc(-c3ccc(N(c4ccc(C#N)cc4)c4ccc5c(c4)c4ccccc4n5-c4ccccc4)cc3)cc2)c2ccc3c(c2)c2c(n3-c3ccccc3)CC#CCC=C2)cc1. The first-order valence-electron chi connectivity index (χ1n) is 23.4. The number of fused-ring (bicyclic) bond motifs is 6. The van der Waals surface area contributed by atoms with Gasteiger partial charge in [0, 0.05) is 79.3 Å². The minimum absolute atomic E-state index is 0.611. The van der Waals surface area contributed by atoms with Crippen molar-refractivity contribution in [2.45, 2.75) is 12.8 Å². The quantitative estimate of drug-likeness (QED) is 0.135. The second-order valence-corrected chi connectivity index (χ2v) is 17.3. The predicted molar refractivity (Wildman–Crippen MR) is 287 cm³/mol. The van der Waals surface area contributed by atoms with Crippen LogP contribution >= 0.6 is 0 Å². The van der Waals surface area contributed by atoms with Crippen LogP contribution in [0.1, 0.15) is 28.8 Å². The molecule has 2 aromatic heterocycles. The molecule has 0 amide bonds. The Bertz CT molecular complexity index is 3930. The predicted octanol–water partition coefficient (Wildman–Crippen LogP) is 16.0. The minimum atomic E-state index is 0.611. The zero-order valence-electron chi connectivity index (χ0n) is 38.0. The van der Waals surface area contributed by atoms with Gasteiger partial charge in [-0.3, -0.25) is 0 Å². The summed E-state index contributed by atoms with van der Waals surface area (Å²) in [5.74, 6) is 6.70. The topological polar surface area (TPSA) is 63.9 Å². The molecular formula is C64H42N6. The summed E-state index contributed by atoms with van der Waals surface area (Å²) in [6.07, 6.45) is 5.77. The molecule has 70 heavy (non-hydrogen) atoms. The Morgan fingerprint density at radius 1 is 0.400 bits per heavy atom. The zero-order valence-corrected chi connectivity index (χ0v) is 38.0. The number of nitrogens with zero attached hydrogens (tertiary/aromatic N) is 6. The first-order chi connectivity index (χ1) is 34.6. The van der Waals surface area contributed by atoms with Crippen LogP contribution in [-0.2, 0) is 6.42 Å². The molecule has 0 unspecified atom stereocenters. The van der Waals surface area contributed by atoms with E-state index in [-0.39, 0.29) is 0 Å². The van der Waals surface area contributed by atoms with Crippen molar-refractivity contribution >= 4 is 72.9 Å². The van der Waals surface area contributed by atoms with E-state index in [4.69, 9.17) is 0 Å². The van der Waals surface area contributed by atoms with Crippen molar-refractivity contribution in [1.82, 2.24) is 9.13 Å². The van der Waals surface area contributed by atoms with Crippen LogP contribution in [0.25, 0.3) is 61.3 Å². The number of benzene rings is 9. The third kappa shape index (κ3) is 7.42. The fourth-order valence-corrected chi connectivity index (χ4v) is 10.0. The Balaban J connectivity index is 0.919. The molecule has 0 spiro atoms. The highest BCUT2D eigenvalue weighted by molar-refractivity contribution is 6.10. The maximum absolute atomic E-state index is 9.71. The highest BCUT2D eigenvalue weighted by Crippen LogP contribution is 2.43. The van der Waals surface area contributed by atoms with E-state index in [1.807, 2.05) is 60.7 Å². The highest BCUT2D eigenvalue weighted by Gasteiger charge is 2.22. The lowest BCUT2D eigenvalue weighted by Gasteiger charge is -2.26. The van der Waals surface area contributed by atoms with Crippen LogP contribution in [0.2, 0.25) is 0 Å². The van der Waals surface area contributed by atoms with Crippen molar-refractivity contribution in [3.8, 4) is 46.5 Å². The van der Waals surface area contributed by atoms with E-state index >= 15 is 0 Å². The zero-order chi connectivity index (χ0) is 47.0. The lowest BCUT2D eigenvalue weighted by atomic mass is 10.0. The van der Waals surface area contributed by atoms with E-state index in [0.717, 1.165) is 90.4 Å². The summed E-state index contributed by atoms with van der Waals surface area (Å²) < 4.78 is 4.67. The molecule has 6 nitrogen and oxygen atoms in total. The summed E-state index contributed by atoms with van der Waals surface area (Å²) in [6, 6.07) is 80.5. The van der Waals surface area contributed by atoms with Crippen LogP contribution in [0.5, 0.6) is 0 Å². The molecule has 11 aromatic rings. The molecule has 0 saturated heterocycles. The van der Waals surface area contributed by atoms with Crippen molar-refractivity contribution in [2.75, 3.05) is 9.80 Å². The summed E-state index contributed by atoms with van der Waals surface area (Å²) in [6.45, 7) is 0. The number of aromatic nitrogens is 2. The third-order valence-electron chi connectivity index (χ3n) is 13.3. The van der Waals surface area contributed by atoms with Crippen LogP contribution in [-0.4, -0.2) is 9.13 Å². The van der Waals surface area contributed by atoms with Gasteiger partial charge in [0.05, 0.1) is 46.2 Å². The number of hydrogen-bond acceptors (Lipinski definition) is 4. The van der Waals surface area contributed by atoms with Gasteiger partial charge in [0.25, 0.3) is 0 Å². The van der Waals surface area contributed by atoms with Gasteiger partial charge in [-0.15, -0.1) is 0 Å². The average molecular weight is 895 g/mol.